The molecule has 13 nitrogen and oxygen atoms in total. The number of halogens is 1. The lowest BCUT2D eigenvalue weighted by molar-refractivity contribution is -0.384. The number of nitrogens with zero attached hydrogens (tertiary/aromatic N) is 5. The molecule has 0 fully saturated rings. The summed E-state index contributed by atoms with van der Waals surface area (Å²) >= 11 is 5.72. The van der Waals surface area contributed by atoms with Gasteiger partial charge < -0.3 is 5.32 Å². The molecule has 2 aromatic heterocycles. The molecule has 14 heteroatoms. The Morgan fingerprint density at radius 1 is 1.00 bits per heavy atom. The molecule has 0 radical (unpaired) electrons. The van der Waals surface area contributed by atoms with Crippen molar-refractivity contribution >= 4 is 46.2 Å². The third-order valence-electron chi connectivity index (χ3n) is 3.65. The Labute approximate surface area is 172 Å². The molecule has 0 aliphatic rings. The predicted octanol–water partition coefficient (Wildman–Crippen LogP) is 2.84. The van der Waals surface area contributed by atoms with Crippen molar-refractivity contribution in [3.63, 3.8) is 0 Å². The molecule has 152 valence electrons. The van der Waals surface area contributed by atoms with Crippen molar-refractivity contribution in [1.29, 1.82) is 0 Å². The molecule has 1 aromatic carbocycles. The minimum Gasteiger partial charge on any atom is -0.334 e. The van der Waals surface area contributed by atoms with Gasteiger partial charge in [-0.15, -0.1) is 0 Å². The molecule has 0 unspecified atom stereocenters. The Morgan fingerprint density at radius 2 is 1.70 bits per heavy atom. The molecule has 30 heavy (non-hydrogen) atoms. The van der Waals surface area contributed by atoms with Crippen LogP contribution < -0.4 is 16.2 Å². The summed E-state index contributed by atoms with van der Waals surface area (Å²) < 4.78 is 0. The third kappa shape index (κ3) is 4.53. The fraction of sp³-hybridized carbons (Fsp3) is 0. The summed E-state index contributed by atoms with van der Waals surface area (Å²) in [5, 5.41) is 25.1. The van der Waals surface area contributed by atoms with Crippen molar-refractivity contribution in [1.82, 2.24) is 20.4 Å². The summed E-state index contributed by atoms with van der Waals surface area (Å²) in [4.78, 5) is 44.8. The number of carbonyl (C=O) groups excluding carboxylic acids is 1. The highest BCUT2D eigenvalue weighted by molar-refractivity contribution is 6.32. The summed E-state index contributed by atoms with van der Waals surface area (Å²) in [6.45, 7) is 0. The first-order valence-electron chi connectivity index (χ1n) is 8.03. The second-order valence-electron chi connectivity index (χ2n) is 5.54. The summed E-state index contributed by atoms with van der Waals surface area (Å²) in [6.07, 6.45) is 4.03. The van der Waals surface area contributed by atoms with Gasteiger partial charge in [0.2, 0.25) is 11.6 Å². The SMILES string of the molecule is O=C(NNc1ncnc(Nc2ccncc2)c1[N+](=O)[O-])c1ccc(Cl)c([N+](=O)[O-])c1. The lowest BCUT2D eigenvalue weighted by Crippen LogP contribution is -2.30. The molecule has 3 N–H and O–H groups in total. The number of benzene rings is 1. The predicted molar refractivity (Wildman–Crippen MR) is 105 cm³/mol. The standard InChI is InChI=1S/C16H11ClN8O5/c17-11-2-1-9(7-12(11)24(27)28)16(26)23-22-15-13(25(29)30)14(19-8-20-15)21-10-3-5-18-6-4-10/h1-8H,(H,23,26)(H2,18,19,20,21,22). The maximum absolute atomic E-state index is 12.3. The van der Waals surface area contributed by atoms with Crippen molar-refractivity contribution in [3.8, 4) is 0 Å². The van der Waals surface area contributed by atoms with Gasteiger partial charge in [0.25, 0.3) is 11.6 Å². The van der Waals surface area contributed by atoms with E-state index in [2.05, 4.69) is 31.1 Å². The Morgan fingerprint density at radius 3 is 2.37 bits per heavy atom. The summed E-state index contributed by atoms with van der Waals surface area (Å²) in [6, 6.07) is 6.59. The number of hydrazine groups is 1. The second kappa shape index (κ2) is 8.74. The van der Waals surface area contributed by atoms with Gasteiger partial charge in [0.1, 0.15) is 11.3 Å². The maximum Gasteiger partial charge on any atom is 0.355 e. The van der Waals surface area contributed by atoms with Crippen LogP contribution in [0.1, 0.15) is 10.4 Å². The van der Waals surface area contributed by atoms with Gasteiger partial charge in [-0.1, -0.05) is 11.6 Å². The van der Waals surface area contributed by atoms with Crippen molar-refractivity contribution < 1.29 is 14.6 Å². The fourth-order valence-electron chi connectivity index (χ4n) is 2.29. The van der Waals surface area contributed by atoms with E-state index in [-0.39, 0.29) is 22.2 Å². The van der Waals surface area contributed by atoms with Crippen LogP contribution in [0.4, 0.5) is 28.7 Å². The minimum absolute atomic E-state index is 0.0922. The number of hydrogen-bond acceptors (Lipinski definition) is 10. The maximum atomic E-state index is 12.3. The normalized spacial score (nSPS) is 10.2. The highest BCUT2D eigenvalue weighted by Gasteiger charge is 2.24. The molecule has 2 heterocycles. The van der Waals surface area contributed by atoms with E-state index in [9.17, 15) is 25.0 Å². The summed E-state index contributed by atoms with van der Waals surface area (Å²) in [5.41, 5.74) is 3.95. The molecule has 0 aliphatic heterocycles. The van der Waals surface area contributed by atoms with E-state index in [0.717, 1.165) is 12.4 Å². The molecule has 0 bridgehead atoms. The number of aromatic nitrogens is 3. The summed E-state index contributed by atoms with van der Waals surface area (Å²) in [7, 11) is 0. The largest absolute Gasteiger partial charge is 0.355 e. The number of amides is 1. The van der Waals surface area contributed by atoms with Gasteiger partial charge in [-0.3, -0.25) is 40.9 Å². The Balaban J connectivity index is 1.82. The monoisotopic (exact) mass is 430 g/mol. The molecule has 0 aliphatic carbocycles. The van der Waals surface area contributed by atoms with E-state index >= 15 is 0 Å². The Kier molecular flexibility index (Phi) is 5.93. The first-order valence-corrected chi connectivity index (χ1v) is 8.41. The lowest BCUT2D eigenvalue weighted by atomic mass is 10.2. The van der Waals surface area contributed by atoms with Gasteiger partial charge in [-0.25, -0.2) is 9.97 Å². The van der Waals surface area contributed by atoms with E-state index in [4.69, 9.17) is 11.6 Å². The van der Waals surface area contributed by atoms with Crippen LogP contribution in [0.25, 0.3) is 0 Å². The van der Waals surface area contributed by atoms with Crippen LogP contribution in [0.5, 0.6) is 0 Å². The molecule has 0 saturated heterocycles. The number of anilines is 3. The fourth-order valence-corrected chi connectivity index (χ4v) is 2.48. The molecule has 3 rings (SSSR count). The molecular weight excluding hydrogens is 420 g/mol. The molecular formula is C16H11ClN8O5. The number of nitrogens with one attached hydrogen (secondary N) is 3. The number of nitro groups is 2. The van der Waals surface area contributed by atoms with Gasteiger partial charge in [0.15, 0.2) is 0 Å². The number of nitro benzene ring substituents is 1. The average Bonchev–Trinajstić information content (AvgIpc) is 2.72. The zero-order valence-electron chi connectivity index (χ0n) is 14.8. The van der Waals surface area contributed by atoms with Crippen molar-refractivity contribution in [3.05, 3.63) is 79.9 Å². The van der Waals surface area contributed by atoms with Gasteiger partial charge >= 0.3 is 5.69 Å². The van der Waals surface area contributed by atoms with Gasteiger partial charge in [0.05, 0.1) is 9.85 Å². The van der Waals surface area contributed by atoms with E-state index in [1.807, 2.05) is 0 Å². The van der Waals surface area contributed by atoms with Crippen LogP contribution in [0.2, 0.25) is 5.02 Å². The number of pyridine rings is 1. The second-order valence-corrected chi connectivity index (χ2v) is 5.95. The van der Waals surface area contributed by atoms with Crippen LogP contribution in [-0.2, 0) is 0 Å². The van der Waals surface area contributed by atoms with Crippen LogP contribution in [-0.4, -0.2) is 30.7 Å². The highest BCUT2D eigenvalue weighted by Crippen LogP contribution is 2.30. The smallest absolute Gasteiger partial charge is 0.334 e. The number of hydrogen-bond donors (Lipinski definition) is 3. The first-order chi connectivity index (χ1) is 14.4. The Bertz CT molecular complexity index is 1130. The van der Waals surface area contributed by atoms with E-state index in [0.29, 0.717) is 5.69 Å². The van der Waals surface area contributed by atoms with Crippen LogP contribution >= 0.6 is 11.6 Å². The lowest BCUT2D eigenvalue weighted by Gasteiger charge is -2.11. The molecule has 0 atom stereocenters. The van der Waals surface area contributed by atoms with Gasteiger partial charge in [0, 0.05) is 29.7 Å². The quantitative estimate of drug-likeness (QED) is 0.372. The molecule has 0 saturated carbocycles. The van der Waals surface area contributed by atoms with Crippen molar-refractivity contribution in [2.75, 3.05) is 10.7 Å². The zero-order chi connectivity index (χ0) is 21.7. The van der Waals surface area contributed by atoms with Gasteiger partial charge in [-0.2, -0.15) is 0 Å². The topological polar surface area (TPSA) is 178 Å². The van der Waals surface area contributed by atoms with Gasteiger partial charge in [-0.05, 0) is 24.3 Å². The molecule has 3 aromatic rings. The Hall–Kier alpha value is -4.39. The van der Waals surface area contributed by atoms with Crippen LogP contribution in [0.15, 0.2) is 49.1 Å². The van der Waals surface area contributed by atoms with E-state index < -0.39 is 27.1 Å². The van der Waals surface area contributed by atoms with E-state index in [1.165, 1.54) is 24.5 Å². The van der Waals surface area contributed by atoms with Crippen LogP contribution in [0.3, 0.4) is 0 Å². The van der Waals surface area contributed by atoms with Crippen LogP contribution in [0, 0.1) is 20.2 Å². The van der Waals surface area contributed by atoms with E-state index in [1.54, 1.807) is 12.1 Å². The number of rotatable bonds is 7. The summed E-state index contributed by atoms with van der Waals surface area (Å²) in [5.74, 6) is -1.23. The molecule has 1 amide bonds. The zero-order valence-corrected chi connectivity index (χ0v) is 15.5. The van der Waals surface area contributed by atoms with Crippen molar-refractivity contribution in [2.24, 2.45) is 0 Å². The third-order valence-corrected chi connectivity index (χ3v) is 3.97. The first kappa shape index (κ1) is 20.3. The minimum atomic E-state index is -0.800. The average molecular weight is 431 g/mol. The molecule has 0 spiro atoms. The highest BCUT2D eigenvalue weighted by atomic mass is 35.5. The number of carbonyl (C=O) groups is 1. The van der Waals surface area contributed by atoms with Crippen molar-refractivity contribution in [2.45, 2.75) is 0 Å².